The molecule has 122 valence electrons. The van der Waals surface area contributed by atoms with Crippen LogP contribution in [0.25, 0.3) is 5.57 Å². The molecule has 1 aliphatic rings. The zero-order valence-electron chi connectivity index (χ0n) is 12.7. The second-order valence-corrected chi connectivity index (χ2v) is 6.88. The van der Waals surface area contributed by atoms with E-state index in [4.69, 9.17) is 0 Å². The van der Waals surface area contributed by atoms with E-state index in [1.54, 1.807) is 12.1 Å². The van der Waals surface area contributed by atoms with E-state index >= 15 is 0 Å². The summed E-state index contributed by atoms with van der Waals surface area (Å²) in [5, 5.41) is 13.8. The van der Waals surface area contributed by atoms with Crippen LogP contribution in [0.2, 0.25) is 0 Å². The number of nitrogens with zero attached hydrogens (tertiary/aromatic N) is 2. The molecule has 0 radical (unpaired) electrons. The normalized spacial score (nSPS) is 14.6. The number of benzene rings is 2. The third kappa shape index (κ3) is 2.67. The van der Waals surface area contributed by atoms with Crippen molar-refractivity contribution >= 4 is 32.8 Å². The Kier molecular flexibility index (Phi) is 3.69. The van der Waals surface area contributed by atoms with E-state index in [9.17, 15) is 18.5 Å². The third-order valence-corrected chi connectivity index (χ3v) is 4.88. The number of para-hydroxylation sites is 1. The number of sulfonamides is 1. The molecule has 0 bridgehead atoms. The molecule has 0 unspecified atom stereocenters. The van der Waals surface area contributed by atoms with Crippen LogP contribution in [-0.4, -0.2) is 19.2 Å². The topological polar surface area (TPSA) is 102 Å². The summed E-state index contributed by atoms with van der Waals surface area (Å²) < 4.78 is 28.1. The highest BCUT2D eigenvalue weighted by Gasteiger charge is 2.31. The minimum atomic E-state index is -3.97. The van der Waals surface area contributed by atoms with Crippen molar-refractivity contribution in [2.24, 2.45) is 4.40 Å². The Morgan fingerprint density at radius 1 is 1.25 bits per heavy atom. The molecule has 0 atom stereocenters. The first-order chi connectivity index (χ1) is 11.3. The van der Waals surface area contributed by atoms with Gasteiger partial charge < -0.3 is 5.32 Å². The van der Waals surface area contributed by atoms with Gasteiger partial charge in [-0.2, -0.15) is 8.42 Å². The number of hydrogen-bond donors (Lipinski definition) is 1. The highest BCUT2D eigenvalue weighted by Crippen LogP contribution is 2.31. The van der Waals surface area contributed by atoms with Gasteiger partial charge in [-0.05, 0) is 24.6 Å². The van der Waals surface area contributed by atoms with E-state index < -0.39 is 14.9 Å². The quantitative estimate of drug-likeness (QED) is 0.681. The average Bonchev–Trinajstić information content (AvgIpc) is 2.78. The van der Waals surface area contributed by atoms with E-state index in [1.807, 2.05) is 19.1 Å². The Balaban J connectivity index is 2.07. The molecular weight excluding hydrogens is 330 g/mol. The molecule has 1 N–H and O–H groups in total. The summed E-state index contributed by atoms with van der Waals surface area (Å²) in [5.41, 5.74) is 2.30. The van der Waals surface area contributed by atoms with Crippen molar-refractivity contribution in [3.63, 3.8) is 0 Å². The fraction of sp³-hybridized carbons (Fsp3) is 0.0625. The summed E-state index contributed by atoms with van der Waals surface area (Å²) in [6.45, 7) is 5.73. The number of amidine groups is 1. The molecule has 0 spiro atoms. The SMILES string of the molecule is C=C(C)c1ccccc1NC1=NS(=O)(=O)c2cc([N+](=O)[O-])ccc21. The van der Waals surface area contributed by atoms with Crippen molar-refractivity contribution < 1.29 is 13.3 Å². The van der Waals surface area contributed by atoms with E-state index in [1.165, 1.54) is 12.1 Å². The van der Waals surface area contributed by atoms with Crippen LogP contribution < -0.4 is 5.32 Å². The number of nitro benzene ring substituents is 1. The molecule has 1 aliphatic heterocycles. The largest absolute Gasteiger partial charge is 0.339 e. The first kappa shape index (κ1) is 15.9. The molecule has 0 fully saturated rings. The van der Waals surface area contributed by atoms with Gasteiger partial charge in [0.1, 0.15) is 4.90 Å². The second-order valence-electron chi connectivity index (χ2n) is 5.30. The van der Waals surface area contributed by atoms with E-state index in [2.05, 4.69) is 16.3 Å². The van der Waals surface area contributed by atoms with Gasteiger partial charge in [0.25, 0.3) is 15.7 Å². The minimum Gasteiger partial charge on any atom is -0.339 e. The van der Waals surface area contributed by atoms with E-state index in [0.717, 1.165) is 17.2 Å². The van der Waals surface area contributed by atoms with Crippen molar-refractivity contribution in [1.29, 1.82) is 0 Å². The molecule has 2 aromatic rings. The van der Waals surface area contributed by atoms with E-state index in [-0.39, 0.29) is 16.4 Å². The number of nitrogens with one attached hydrogen (secondary N) is 1. The summed E-state index contributed by atoms with van der Waals surface area (Å²) in [5.74, 6) is 0.133. The first-order valence-corrected chi connectivity index (χ1v) is 8.39. The maximum absolute atomic E-state index is 12.2. The van der Waals surface area contributed by atoms with Crippen molar-refractivity contribution in [3.8, 4) is 0 Å². The summed E-state index contributed by atoms with van der Waals surface area (Å²) in [4.78, 5) is 10.0. The van der Waals surface area contributed by atoms with Crippen LogP contribution in [-0.2, 0) is 10.0 Å². The van der Waals surface area contributed by atoms with Crippen molar-refractivity contribution in [1.82, 2.24) is 0 Å². The van der Waals surface area contributed by atoms with Gasteiger partial charge >= 0.3 is 0 Å². The van der Waals surface area contributed by atoms with Gasteiger partial charge in [-0.1, -0.05) is 24.8 Å². The summed E-state index contributed by atoms with van der Waals surface area (Å²) >= 11 is 0. The van der Waals surface area contributed by atoms with Crippen molar-refractivity contribution in [2.75, 3.05) is 5.32 Å². The minimum absolute atomic E-state index is 0.133. The van der Waals surface area contributed by atoms with Crippen LogP contribution >= 0.6 is 0 Å². The zero-order valence-corrected chi connectivity index (χ0v) is 13.5. The zero-order chi connectivity index (χ0) is 17.5. The molecule has 0 amide bonds. The number of nitro groups is 1. The summed E-state index contributed by atoms with van der Waals surface area (Å²) in [6.07, 6.45) is 0. The first-order valence-electron chi connectivity index (χ1n) is 6.95. The lowest BCUT2D eigenvalue weighted by molar-refractivity contribution is -0.385. The number of hydrogen-bond acceptors (Lipinski definition) is 5. The van der Waals surface area contributed by atoms with Gasteiger partial charge in [0.2, 0.25) is 0 Å². The molecule has 8 heteroatoms. The van der Waals surface area contributed by atoms with Crippen LogP contribution in [0.1, 0.15) is 18.1 Å². The molecule has 24 heavy (non-hydrogen) atoms. The average molecular weight is 343 g/mol. The highest BCUT2D eigenvalue weighted by molar-refractivity contribution is 7.90. The van der Waals surface area contributed by atoms with Crippen LogP contribution in [0.15, 0.2) is 58.3 Å². The maximum atomic E-state index is 12.2. The second kappa shape index (κ2) is 5.57. The lowest BCUT2D eigenvalue weighted by atomic mass is 10.1. The Hall–Kier alpha value is -3.00. The fourth-order valence-corrected chi connectivity index (χ4v) is 3.63. The van der Waals surface area contributed by atoms with Gasteiger partial charge in [-0.3, -0.25) is 10.1 Å². The number of fused-ring (bicyclic) bond motifs is 1. The Bertz CT molecular complexity index is 1010. The van der Waals surface area contributed by atoms with Crippen LogP contribution in [0.3, 0.4) is 0 Å². The predicted octanol–water partition coefficient (Wildman–Crippen LogP) is 3.19. The van der Waals surface area contributed by atoms with E-state index in [0.29, 0.717) is 11.3 Å². The van der Waals surface area contributed by atoms with Crippen LogP contribution in [0, 0.1) is 10.1 Å². The summed E-state index contributed by atoms with van der Waals surface area (Å²) in [7, 11) is -3.97. The van der Waals surface area contributed by atoms with Crippen molar-refractivity contribution in [3.05, 3.63) is 70.3 Å². The number of anilines is 1. The van der Waals surface area contributed by atoms with Gasteiger partial charge in [-0.15, -0.1) is 4.40 Å². The lowest BCUT2D eigenvalue weighted by Gasteiger charge is -2.11. The number of non-ortho nitro benzene ring substituents is 1. The highest BCUT2D eigenvalue weighted by atomic mass is 32.2. The molecule has 0 aliphatic carbocycles. The Morgan fingerprint density at radius 3 is 2.62 bits per heavy atom. The van der Waals surface area contributed by atoms with Gasteiger partial charge in [0, 0.05) is 28.9 Å². The van der Waals surface area contributed by atoms with Crippen LogP contribution in [0.5, 0.6) is 0 Å². The molecule has 0 saturated heterocycles. The van der Waals surface area contributed by atoms with Gasteiger partial charge in [0.15, 0.2) is 5.84 Å². The van der Waals surface area contributed by atoms with Gasteiger partial charge in [0.05, 0.1) is 4.92 Å². The Labute approximate surface area is 138 Å². The molecular formula is C16H13N3O4S. The monoisotopic (exact) mass is 343 g/mol. The molecule has 2 aromatic carbocycles. The molecule has 0 saturated carbocycles. The van der Waals surface area contributed by atoms with Gasteiger partial charge in [-0.25, -0.2) is 0 Å². The van der Waals surface area contributed by atoms with Crippen molar-refractivity contribution in [2.45, 2.75) is 11.8 Å². The molecule has 7 nitrogen and oxygen atoms in total. The molecule has 0 aromatic heterocycles. The molecule has 3 rings (SSSR count). The predicted molar refractivity (Wildman–Crippen MR) is 91.6 cm³/mol. The Morgan fingerprint density at radius 2 is 1.96 bits per heavy atom. The third-order valence-electron chi connectivity index (χ3n) is 3.56. The lowest BCUT2D eigenvalue weighted by Crippen LogP contribution is -2.12. The fourth-order valence-electron chi connectivity index (χ4n) is 2.43. The number of allylic oxidation sites excluding steroid dienone is 1. The smallest absolute Gasteiger partial charge is 0.285 e. The van der Waals surface area contributed by atoms with Crippen LogP contribution in [0.4, 0.5) is 11.4 Å². The number of rotatable bonds is 3. The maximum Gasteiger partial charge on any atom is 0.285 e. The summed E-state index contributed by atoms with van der Waals surface area (Å²) in [6, 6.07) is 10.9. The standard InChI is InChI=1S/C16H13N3O4S/c1-10(2)12-5-3-4-6-14(12)17-16-13-8-7-11(19(20)21)9-15(13)24(22,23)18-16/h3-9H,1H2,2H3,(H,17,18). The molecule has 1 heterocycles.